The van der Waals surface area contributed by atoms with E-state index in [4.69, 9.17) is 11.6 Å². The molecule has 1 nitrogen and oxygen atoms in total. The molecule has 0 aliphatic heterocycles. The minimum absolute atomic E-state index is 0.0452. The highest BCUT2D eigenvalue weighted by Crippen LogP contribution is 2.29. The van der Waals surface area contributed by atoms with Crippen molar-refractivity contribution in [1.82, 2.24) is 5.32 Å². The molecule has 0 atom stereocenters. The lowest BCUT2D eigenvalue weighted by Gasteiger charge is -2.09. The van der Waals surface area contributed by atoms with Crippen LogP contribution in [0, 0.1) is 5.82 Å². The first kappa shape index (κ1) is 15.8. The molecule has 0 aromatic heterocycles. The zero-order valence-corrected chi connectivity index (χ0v) is 11.6. The van der Waals surface area contributed by atoms with Gasteiger partial charge in [-0.2, -0.15) is 13.2 Å². The summed E-state index contributed by atoms with van der Waals surface area (Å²) in [4.78, 5) is 0. The average molecular weight is 318 g/mol. The molecule has 0 heterocycles. The standard InChI is InChI=1S/C15H12ClF4N/c16-13-3-1-2-11(14(13)17)9-21-8-10-4-6-12(7-5-10)15(18,19)20/h1-7,21H,8-9H2. The van der Waals surface area contributed by atoms with Crippen molar-refractivity contribution >= 4 is 11.6 Å². The van der Waals surface area contributed by atoms with E-state index in [0.29, 0.717) is 17.7 Å². The van der Waals surface area contributed by atoms with E-state index in [1.54, 1.807) is 12.1 Å². The molecule has 0 radical (unpaired) electrons. The second kappa shape index (κ2) is 6.45. The van der Waals surface area contributed by atoms with Gasteiger partial charge >= 0.3 is 6.18 Å². The first-order valence-electron chi connectivity index (χ1n) is 6.17. The number of rotatable bonds is 4. The van der Waals surface area contributed by atoms with E-state index in [2.05, 4.69) is 5.32 Å². The maximum Gasteiger partial charge on any atom is 0.416 e. The lowest BCUT2D eigenvalue weighted by molar-refractivity contribution is -0.137. The van der Waals surface area contributed by atoms with Gasteiger partial charge in [0.1, 0.15) is 5.82 Å². The molecule has 0 fully saturated rings. The van der Waals surface area contributed by atoms with Crippen molar-refractivity contribution < 1.29 is 17.6 Å². The Bertz CT molecular complexity index is 608. The summed E-state index contributed by atoms with van der Waals surface area (Å²) in [5.41, 5.74) is 0.409. The van der Waals surface area contributed by atoms with Crippen molar-refractivity contribution in [2.45, 2.75) is 19.3 Å². The van der Waals surface area contributed by atoms with Crippen LogP contribution in [0.25, 0.3) is 0 Å². The van der Waals surface area contributed by atoms with Crippen LogP contribution in [0.2, 0.25) is 5.02 Å². The SMILES string of the molecule is Fc1c(Cl)cccc1CNCc1ccc(C(F)(F)F)cc1. The lowest BCUT2D eigenvalue weighted by atomic mass is 10.1. The Morgan fingerprint density at radius 2 is 1.62 bits per heavy atom. The van der Waals surface area contributed by atoms with Gasteiger partial charge in [0.15, 0.2) is 0 Å². The molecule has 0 amide bonds. The van der Waals surface area contributed by atoms with Crippen LogP contribution in [0.1, 0.15) is 16.7 Å². The molecule has 112 valence electrons. The molecule has 6 heteroatoms. The van der Waals surface area contributed by atoms with E-state index >= 15 is 0 Å². The van der Waals surface area contributed by atoms with Gasteiger partial charge in [-0.05, 0) is 23.8 Å². The molecule has 0 unspecified atom stereocenters. The number of halogens is 5. The average Bonchev–Trinajstić information content (AvgIpc) is 2.43. The van der Waals surface area contributed by atoms with Crippen LogP contribution < -0.4 is 5.32 Å². The smallest absolute Gasteiger partial charge is 0.309 e. The number of benzene rings is 2. The first-order chi connectivity index (χ1) is 9.88. The summed E-state index contributed by atoms with van der Waals surface area (Å²) >= 11 is 5.66. The molecule has 21 heavy (non-hydrogen) atoms. The first-order valence-corrected chi connectivity index (χ1v) is 6.55. The third-order valence-electron chi connectivity index (χ3n) is 2.96. The Kier molecular flexibility index (Phi) is 4.85. The third kappa shape index (κ3) is 4.19. The molecule has 0 bridgehead atoms. The quantitative estimate of drug-likeness (QED) is 0.800. The van der Waals surface area contributed by atoms with Gasteiger partial charge in [-0.25, -0.2) is 4.39 Å². The monoisotopic (exact) mass is 317 g/mol. The minimum atomic E-state index is -4.34. The van der Waals surface area contributed by atoms with Crippen molar-refractivity contribution in [2.75, 3.05) is 0 Å². The number of nitrogens with one attached hydrogen (secondary N) is 1. The molecule has 0 spiro atoms. The van der Waals surface area contributed by atoms with Gasteiger partial charge in [0.2, 0.25) is 0 Å². The molecule has 0 saturated heterocycles. The Balaban J connectivity index is 1.93. The molecular formula is C15H12ClF4N. The van der Waals surface area contributed by atoms with Gasteiger partial charge in [0.25, 0.3) is 0 Å². The lowest BCUT2D eigenvalue weighted by Crippen LogP contribution is -2.14. The fourth-order valence-corrected chi connectivity index (χ4v) is 2.03. The van der Waals surface area contributed by atoms with E-state index in [1.807, 2.05) is 0 Å². The van der Waals surface area contributed by atoms with E-state index in [1.165, 1.54) is 18.2 Å². The van der Waals surface area contributed by atoms with Crippen molar-refractivity contribution in [2.24, 2.45) is 0 Å². The number of hydrogen-bond donors (Lipinski definition) is 1. The predicted molar refractivity (Wildman–Crippen MR) is 73.4 cm³/mol. The second-order valence-corrected chi connectivity index (χ2v) is 4.92. The van der Waals surface area contributed by atoms with Gasteiger partial charge in [0, 0.05) is 18.7 Å². The fraction of sp³-hybridized carbons (Fsp3) is 0.200. The van der Waals surface area contributed by atoms with Crippen molar-refractivity contribution in [1.29, 1.82) is 0 Å². The van der Waals surface area contributed by atoms with E-state index < -0.39 is 17.6 Å². The topological polar surface area (TPSA) is 12.0 Å². The van der Waals surface area contributed by atoms with Gasteiger partial charge < -0.3 is 5.32 Å². The summed E-state index contributed by atoms with van der Waals surface area (Å²) in [6.07, 6.45) is -4.34. The van der Waals surface area contributed by atoms with Gasteiger partial charge in [-0.3, -0.25) is 0 Å². The second-order valence-electron chi connectivity index (χ2n) is 4.51. The Hall–Kier alpha value is -1.59. The van der Waals surface area contributed by atoms with Crippen molar-refractivity contribution in [3.8, 4) is 0 Å². The molecule has 0 aliphatic rings. The zero-order valence-electron chi connectivity index (χ0n) is 10.8. The minimum Gasteiger partial charge on any atom is -0.309 e. The van der Waals surface area contributed by atoms with Crippen LogP contribution in [0.15, 0.2) is 42.5 Å². The number of alkyl halides is 3. The summed E-state index contributed by atoms with van der Waals surface area (Å²) in [6, 6.07) is 9.53. The summed E-state index contributed by atoms with van der Waals surface area (Å²) in [7, 11) is 0. The van der Waals surface area contributed by atoms with Crippen LogP contribution >= 0.6 is 11.6 Å². The largest absolute Gasteiger partial charge is 0.416 e. The zero-order chi connectivity index (χ0) is 15.5. The molecule has 0 saturated carbocycles. The maximum absolute atomic E-state index is 13.6. The fourth-order valence-electron chi connectivity index (χ4n) is 1.84. The Labute approximate surface area is 124 Å². The summed E-state index contributed by atoms with van der Waals surface area (Å²) < 4.78 is 50.8. The predicted octanol–water partition coefficient (Wildman–Crippen LogP) is 4.79. The highest BCUT2D eigenvalue weighted by molar-refractivity contribution is 6.30. The molecular weight excluding hydrogens is 306 g/mol. The van der Waals surface area contributed by atoms with E-state index in [-0.39, 0.29) is 11.6 Å². The van der Waals surface area contributed by atoms with E-state index in [0.717, 1.165) is 12.1 Å². The van der Waals surface area contributed by atoms with Crippen molar-refractivity contribution in [3.05, 3.63) is 70.0 Å². The van der Waals surface area contributed by atoms with Gasteiger partial charge in [0.05, 0.1) is 10.6 Å². The normalized spacial score (nSPS) is 11.7. The van der Waals surface area contributed by atoms with Crippen LogP contribution in [0.4, 0.5) is 17.6 Å². The summed E-state index contributed by atoms with van der Waals surface area (Å²) in [6.45, 7) is 0.581. The van der Waals surface area contributed by atoms with Crippen LogP contribution in [-0.2, 0) is 19.3 Å². The Morgan fingerprint density at radius 3 is 2.24 bits per heavy atom. The molecule has 2 aromatic carbocycles. The number of hydrogen-bond acceptors (Lipinski definition) is 1. The van der Waals surface area contributed by atoms with E-state index in [9.17, 15) is 17.6 Å². The molecule has 1 N–H and O–H groups in total. The van der Waals surface area contributed by atoms with Crippen LogP contribution in [0.5, 0.6) is 0 Å². The highest BCUT2D eigenvalue weighted by Gasteiger charge is 2.29. The van der Waals surface area contributed by atoms with Crippen LogP contribution in [-0.4, -0.2) is 0 Å². The van der Waals surface area contributed by atoms with Crippen LogP contribution in [0.3, 0.4) is 0 Å². The van der Waals surface area contributed by atoms with Gasteiger partial charge in [-0.15, -0.1) is 0 Å². The molecule has 0 aliphatic carbocycles. The maximum atomic E-state index is 13.6. The molecule has 2 rings (SSSR count). The van der Waals surface area contributed by atoms with Crippen molar-refractivity contribution in [3.63, 3.8) is 0 Å². The molecule has 2 aromatic rings. The summed E-state index contributed by atoms with van der Waals surface area (Å²) in [5, 5.41) is 3.01. The Morgan fingerprint density at radius 1 is 0.952 bits per heavy atom. The van der Waals surface area contributed by atoms with Gasteiger partial charge in [-0.1, -0.05) is 35.9 Å². The third-order valence-corrected chi connectivity index (χ3v) is 3.25. The highest BCUT2D eigenvalue weighted by atomic mass is 35.5. The summed E-state index contributed by atoms with van der Waals surface area (Å²) in [5.74, 6) is -0.487.